The molecule has 0 saturated carbocycles. The largest absolute Gasteiger partial charge is 0.311 e. The third kappa shape index (κ3) is 5.12. The zero-order valence-corrected chi connectivity index (χ0v) is 14.2. The second kappa shape index (κ2) is 7.42. The van der Waals surface area contributed by atoms with Gasteiger partial charge in [0.15, 0.2) is 0 Å². The Kier molecular flexibility index (Phi) is 5.83. The average Bonchev–Trinajstić information content (AvgIpc) is 2.47. The molecule has 2 heteroatoms. The van der Waals surface area contributed by atoms with Gasteiger partial charge in [-0.2, -0.15) is 0 Å². The Hall–Kier alpha value is -0.860. The molecule has 0 amide bonds. The van der Waals surface area contributed by atoms with E-state index in [4.69, 9.17) is 0 Å². The van der Waals surface area contributed by atoms with E-state index < -0.39 is 0 Å². The molecule has 118 valence electrons. The molecular formula is C19H32N2. The predicted molar refractivity (Wildman–Crippen MR) is 91.7 cm³/mol. The minimum Gasteiger partial charge on any atom is -0.311 e. The lowest BCUT2D eigenvalue weighted by atomic mass is 9.96. The highest BCUT2D eigenvalue weighted by atomic mass is 15.2. The van der Waals surface area contributed by atoms with E-state index in [0.717, 1.165) is 6.42 Å². The van der Waals surface area contributed by atoms with Crippen LogP contribution in [0.15, 0.2) is 30.3 Å². The highest BCUT2D eigenvalue weighted by Gasteiger charge is 2.27. The summed E-state index contributed by atoms with van der Waals surface area (Å²) >= 11 is 0. The van der Waals surface area contributed by atoms with Crippen molar-refractivity contribution in [1.29, 1.82) is 0 Å². The standard InChI is InChI=1S/C19H32N2/c1-5-17(15-16-9-7-6-8-10-16)20-18-11-13-21(14-12-18)19(2,3)4/h6-10,17-18,20H,5,11-15H2,1-4H3. The van der Waals surface area contributed by atoms with Crippen molar-refractivity contribution in [3.63, 3.8) is 0 Å². The number of benzene rings is 1. The molecule has 0 aromatic heterocycles. The van der Waals surface area contributed by atoms with E-state index in [9.17, 15) is 0 Å². The normalized spacial score (nSPS) is 19.6. The van der Waals surface area contributed by atoms with E-state index in [-0.39, 0.29) is 0 Å². The molecule has 1 aliphatic heterocycles. The van der Waals surface area contributed by atoms with Crippen molar-refractivity contribution in [1.82, 2.24) is 10.2 Å². The highest BCUT2D eigenvalue weighted by molar-refractivity contribution is 5.15. The van der Waals surface area contributed by atoms with Crippen LogP contribution in [0.2, 0.25) is 0 Å². The maximum Gasteiger partial charge on any atom is 0.0125 e. The summed E-state index contributed by atoms with van der Waals surface area (Å²) in [4.78, 5) is 2.61. The van der Waals surface area contributed by atoms with Crippen LogP contribution in [0.1, 0.15) is 52.5 Å². The number of nitrogens with one attached hydrogen (secondary N) is 1. The van der Waals surface area contributed by atoms with Crippen LogP contribution in [0, 0.1) is 0 Å². The van der Waals surface area contributed by atoms with Crippen LogP contribution in [0.3, 0.4) is 0 Å². The van der Waals surface area contributed by atoms with Gasteiger partial charge in [-0.05, 0) is 52.0 Å². The fraction of sp³-hybridized carbons (Fsp3) is 0.684. The van der Waals surface area contributed by atoms with Gasteiger partial charge in [0.1, 0.15) is 0 Å². The third-order valence-electron chi connectivity index (χ3n) is 4.73. The Labute approximate surface area is 130 Å². The van der Waals surface area contributed by atoms with Gasteiger partial charge in [0.25, 0.3) is 0 Å². The van der Waals surface area contributed by atoms with Crippen molar-refractivity contribution in [2.45, 2.75) is 71.0 Å². The van der Waals surface area contributed by atoms with E-state index in [1.165, 1.54) is 37.9 Å². The monoisotopic (exact) mass is 288 g/mol. The molecule has 1 heterocycles. The lowest BCUT2D eigenvalue weighted by molar-refractivity contribution is 0.0935. The van der Waals surface area contributed by atoms with Crippen LogP contribution in [0.25, 0.3) is 0 Å². The van der Waals surface area contributed by atoms with Crippen LogP contribution in [-0.4, -0.2) is 35.6 Å². The van der Waals surface area contributed by atoms with Gasteiger partial charge in [0, 0.05) is 30.7 Å². The minimum absolute atomic E-state index is 0.319. The molecular weight excluding hydrogens is 256 g/mol. The zero-order valence-electron chi connectivity index (χ0n) is 14.2. The summed E-state index contributed by atoms with van der Waals surface area (Å²) in [6.07, 6.45) is 4.91. The second-order valence-electron chi connectivity index (χ2n) is 7.39. The first-order valence-electron chi connectivity index (χ1n) is 8.54. The second-order valence-corrected chi connectivity index (χ2v) is 7.39. The molecule has 2 nitrogen and oxygen atoms in total. The topological polar surface area (TPSA) is 15.3 Å². The molecule has 0 radical (unpaired) electrons. The number of likely N-dealkylation sites (tertiary alicyclic amines) is 1. The van der Waals surface area contributed by atoms with E-state index in [1.807, 2.05) is 0 Å². The fourth-order valence-corrected chi connectivity index (χ4v) is 3.27. The van der Waals surface area contributed by atoms with Crippen LogP contribution < -0.4 is 5.32 Å². The molecule has 1 N–H and O–H groups in total. The van der Waals surface area contributed by atoms with Crippen LogP contribution in [-0.2, 0) is 6.42 Å². The van der Waals surface area contributed by atoms with Crippen LogP contribution >= 0.6 is 0 Å². The molecule has 1 fully saturated rings. The summed E-state index contributed by atoms with van der Waals surface area (Å²) < 4.78 is 0. The van der Waals surface area contributed by atoms with Crippen LogP contribution in [0.4, 0.5) is 0 Å². The predicted octanol–water partition coefficient (Wildman–Crippen LogP) is 3.86. The van der Waals surface area contributed by atoms with Gasteiger partial charge in [-0.3, -0.25) is 4.90 Å². The molecule has 1 aliphatic rings. The lowest BCUT2D eigenvalue weighted by Gasteiger charge is -2.41. The Bertz CT molecular complexity index is 399. The van der Waals surface area contributed by atoms with E-state index in [0.29, 0.717) is 17.6 Å². The Balaban J connectivity index is 1.81. The first kappa shape index (κ1) is 16.5. The number of hydrogen-bond donors (Lipinski definition) is 1. The molecule has 2 rings (SSSR count). The number of hydrogen-bond acceptors (Lipinski definition) is 2. The molecule has 1 unspecified atom stereocenters. The van der Waals surface area contributed by atoms with Crippen molar-refractivity contribution < 1.29 is 0 Å². The summed E-state index contributed by atoms with van der Waals surface area (Å²) in [5, 5.41) is 3.90. The third-order valence-corrected chi connectivity index (χ3v) is 4.73. The van der Waals surface area contributed by atoms with Gasteiger partial charge in [-0.15, -0.1) is 0 Å². The Morgan fingerprint density at radius 1 is 1.14 bits per heavy atom. The summed E-state index contributed by atoms with van der Waals surface area (Å²) in [6.45, 7) is 11.7. The molecule has 1 saturated heterocycles. The first-order chi connectivity index (χ1) is 9.99. The molecule has 1 atom stereocenters. The Morgan fingerprint density at radius 3 is 2.29 bits per heavy atom. The summed E-state index contributed by atoms with van der Waals surface area (Å²) in [5.41, 5.74) is 1.77. The summed E-state index contributed by atoms with van der Waals surface area (Å²) in [6, 6.07) is 12.2. The van der Waals surface area contributed by atoms with Crippen molar-refractivity contribution >= 4 is 0 Å². The maximum atomic E-state index is 3.90. The average molecular weight is 288 g/mol. The van der Waals surface area contributed by atoms with Crippen LogP contribution in [0.5, 0.6) is 0 Å². The zero-order chi connectivity index (χ0) is 15.3. The molecule has 0 aliphatic carbocycles. The maximum absolute atomic E-state index is 3.90. The van der Waals surface area contributed by atoms with Crippen molar-refractivity contribution in [3.05, 3.63) is 35.9 Å². The van der Waals surface area contributed by atoms with Crippen molar-refractivity contribution in [3.8, 4) is 0 Å². The summed E-state index contributed by atoms with van der Waals surface area (Å²) in [7, 11) is 0. The smallest absolute Gasteiger partial charge is 0.0125 e. The van der Waals surface area contributed by atoms with E-state index in [1.54, 1.807) is 0 Å². The fourth-order valence-electron chi connectivity index (χ4n) is 3.27. The van der Waals surface area contributed by atoms with Crippen molar-refractivity contribution in [2.24, 2.45) is 0 Å². The molecule has 0 bridgehead atoms. The van der Waals surface area contributed by atoms with E-state index >= 15 is 0 Å². The van der Waals surface area contributed by atoms with Gasteiger partial charge in [0.05, 0.1) is 0 Å². The summed E-state index contributed by atoms with van der Waals surface area (Å²) in [5.74, 6) is 0. The van der Waals surface area contributed by atoms with Gasteiger partial charge in [-0.25, -0.2) is 0 Å². The molecule has 1 aromatic carbocycles. The Morgan fingerprint density at radius 2 is 1.76 bits per heavy atom. The van der Waals surface area contributed by atoms with Gasteiger partial charge in [-0.1, -0.05) is 37.3 Å². The highest BCUT2D eigenvalue weighted by Crippen LogP contribution is 2.20. The first-order valence-corrected chi connectivity index (χ1v) is 8.54. The number of nitrogens with zero attached hydrogens (tertiary/aromatic N) is 1. The molecule has 21 heavy (non-hydrogen) atoms. The van der Waals surface area contributed by atoms with Gasteiger partial charge >= 0.3 is 0 Å². The number of piperidine rings is 1. The lowest BCUT2D eigenvalue weighted by Crippen LogP contribution is -2.51. The quantitative estimate of drug-likeness (QED) is 0.885. The van der Waals surface area contributed by atoms with E-state index in [2.05, 4.69) is 68.2 Å². The molecule has 1 aromatic rings. The van der Waals surface area contributed by atoms with Gasteiger partial charge < -0.3 is 5.32 Å². The number of rotatable bonds is 5. The van der Waals surface area contributed by atoms with Crippen molar-refractivity contribution in [2.75, 3.05) is 13.1 Å². The SMILES string of the molecule is CCC(Cc1ccccc1)NC1CCN(C(C)(C)C)CC1. The van der Waals surface area contributed by atoms with Gasteiger partial charge in [0.2, 0.25) is 0 Å². The minimum atomic E-state index is 0.319. The molecule has 0 spiro atoms.